The number of rotatable bonds is 4. The fraction of sp³-hybridized carbons (Fsp3) is 0.700. The highest BCUT2D eigenvalue weighted by atomic mass is 16.5. The molecule has 0 aromatic heterocycles. The van der Waals surface area contributed by atoms with Gasteiger partial charge in [0.1, 0.15) is 6.10 Å². The molecule has 0 radical (unpaired) electrons. The van der Waals surface area contributed by atoms with E-state index in [9.17, 15) is 4.79 Å². The topological polar surface area (TPSA) is 26.3 Å². The predicted molar refractivity (Wildman–Crippen MR) is 46.7 cm³/mol. The van der Waals surface area contributed by atoms with Gasteiger partial charge in [-0.3, -0.25) is 4.79 Å². The summed E-state index contributed by atoms with van der Waals surface area (Å²) < 4.78 is 5.24. The molecule has 0 bridgehead atoms. The van der Waals surface area contributed by atoms with E-state index in [1.165, 1.54) is 0 Å². The molecule has 1 aliphatic heterocycles. The van der Waals surface area contributed by atoms with Crippen molar-refractivity contribution in [1.82, 2.24) is 0 Å². The van der Waals surface area contributed by atoms with Crippen molar-refractivity contribution in [3.8, 4) is 12.3 Å². The van der Waals surface area contributed by atoms with Gasteiger partial charge in [0.15, 0.2) is 5.78 Å². The summed E-state index contributed by atoms with van der Waals surface area (Å²) >= 11 is 0. The van der Waals surface area contributed by atoms with Gasteiger partial charge in [0.25, 0.3) is 0 Å². The van der Waals surface area contributed by atoms with E-state index in [-0.39, 0.29) is 11.9 Å². The number of ketones is 1. The van der Waals surface area contributed by atoms with Crippen LogP contribution in [0.3, 0.4) is 0 Å². The fourth-order valence-electron chi connectivity index (χ4n) is 1.36. The molecule has 0 N–H and O–H groups in total. The highest BCUT2D eigenvalue weighted by molar-refractivity contribution is 5.83. The number of Topliss-reactive ketones (excluding diaryl/α,β-unsaturated/α-hetero) is 1. The summed E-state index contributed by atoms with van der Waals surface area (Å²) in [6, 6.07) is 0. The Morgan fingerprint density at radius 2 is 2.50 bits per heavy atom. The van der Waals surface area contributed by atoms with Crippen molar-refractivity contribution in [2.24, 2.45) is 0 Å². The Hall–Kier alpha value is -0.810. The minimum atomic E-state index is -0.122. The quantitative estimate of drug-likeness (QED) is 0.467. The lowest BCUT2D eigenvalue weighted by atomic mass is 10.1. The maximum absolute atomic E-state index is 11.3. The molecule has 1 rings (SSSR count). The van der Waals surface area contributed by atoms with Crippen LogP contribution in [0.2, 0.25) is 0 Å². The molecule has 1 fully saturated rings. The summed E-state index contributed by atoms with van der Waals surface area (Å²) in [5.41, 5.74) is 0. The standard InChI is InChI=1S/C10H14O2/c1-2-3-4-6-9(11)10-7-5-8-12-10/h1,10H,3-8H2. The van der Waals surface area contributed by atoms with Gasteiger partial charge in [-0.2, -0.15) is 0 Å². The van der Waals surface area contributed by atoms with Crippen molar-refractivity contribution >= 4 is 5.78 Å². The summed E-state index contributed by atoms with van der Waals surface area (Å²) in [5.74, 6) is 2.75. The highest BCUT2D eigenvalue weighted by Gasteiger charge is 2.22. The Bertz CT molecular complexity index is 185. The Morgan fingerprint density at radius 1 is 1.67 bits per heavy atom. The average molecular weight is 166 g/mol. The largest absolute Gasteiger partial charge is 0.370 e. The van der Waals surface area contributed by atoms with E-state index in [1.807, 2.05) is 0 Å². The Balaban J connectivity index is 2.15. The number of hydrogen-bond donors (Lipinski definition) is 0. The number of hydrogen-bond acceptors (Lipinski definition) is 2. The second kappa shape index (κ2) is 4.95. The summed E-state index contributed by atoms with van der Waals surface area (Å²) in [5, 5.41) is 0. The maximum atomic E-state index is 11.3. The average Bonchev–Trinajstić information content (AvgIpc) is 2.56. The van der Waals surface area contributed by atoms with Crippen molar-refractivity contribution < 1.29 is 9.53 Å². The van der Waals surface area contributed by atoms with Crippen LogP contribution in [0.15, 0.2) is 0 Å². The van der Waals surface area contributed by atoms with Crippen LogP contribution in [0.5, 0.6) is 0 Å². The molecule has 1 unspecified atom stereocenters. The molecule has 0 aromatic carbocycles. The third-order valence-electron chi connectivity index (χ3n) is 2.03. The van der Waals surface area contributed by atoms with E-state index in [0.717, 1.165) is 25.9 Å². The minimum absolute atomic E-state index is 0.122. The van der Waals surface area contributed by atoms with Crippen molar-refractivity contribution in [1.29, 1.82) is 0 Å². The highest BCUT2D eigenvalue weighted by Crippen LogP contribution is 2.15. The van der Waals surface area contributed by atoms with Gasteiger partial charge in [0, 0.05) is 19.4 Å². The van der Waals surface area contributed by atoms with Crippen LogP contribution in [0.1, 0.15) is 32.1 Å². The van der Waals surface area contributed by atoms with Crippen LogP contribution in [0.25, 0.3) is 0 Å². The second-order valence-corrected chi connectivity index (χ2v) is 3.03. The van der Waals surface area contributed by atoms with Crippen LogP contribution in [-0.4, -0.2) is 18.5 Å². The molecular weight excluding hydrogens is 152 g/mol. The molecule has 1 heterocycles. The summed E-state index contributed by atoms with van der Waals surface area (Å²) in [7, 11) is 0. The van der Waals surface area contributed by atoms with E-state index in [4.69, 9.17) is 11.2 Å². The van der Waals surface area contributed by atoms with E-state index < -0.39 is 0 Å². The third kappa shape index (κ3) is 2.67. The van der Waals surface area contributed by atoms with Crippen LogP contribution >= 0.6 is 0 Å². The zero-order valence-electron chi connectivity index (χ0n) is 7.21. The first-order valence-corrected chi connectivity index (χ1v) is 4.42. The van der Waals surface area contributed by atoms with E-state index >= 15 is 0 Å². The zero-order valence-corrected chi connectivity index (χ0v) is 7.21. The van der Waals surface area contributed by atoms with E-state index in [2.05, 4.69) is 5.92 Å². The van der Waals surface area contributed by atoms with Gasteiger partial charge in [-0.1, -0.05) is 0 Å². The molecule has 0 saturated carbocycles. The number of terminal acetylenes is 1. The van der Waals surface area contributed by atoms with Gasteiger partial charge in [0.2, 0.25) is 0 Å². The summed E-state index contributed by atoms with van der Waals surface area (Å²) in [4.78, 5) is 11.3. The van der Waals surface area contributed by atoms with Crippen LogP contribution < -0.4 is 0 Å². The smallest absolute Gasteiger partial charge is 0.161 e. The first-order valence-electron chi connectivity index (χ1n) is 4.42. The summed E-state index contributed by atoms with van der Waals surface area (Å²) in [6.45, 7) is 0.742. The van der Waals surface area contributed by atoms with Gasteiger partial charge in [-0.05, 0) is 19.3 Å². The molecule has 2 heteroatoms. The first-order chi connectivity index (χ1) is 5.84. The lowest BCUT2D eigenvalue weighted by Gasteiger charge is -2.06. The Labute approximate surface area is 73.3 Å². The second-order valence-electron chi connectivity index (χ2n) is 3.03. The molecule has 66 valence electrons. The number of unbranched alkanes of at least 4 members (excludes halogenated alkanes) is 1. The molecule has 2 nitrogen and oxygen atoms in total. The minimum Gasteiger partial charge on any atom is -0.370 e. The zero-order chi connectivity index (χ0) is 8.81. The van der Waals surface area contributed by atoms with E-state index in [1.54, 1.807) is 0 Å². The monoisotopic (exact) mass is 166 g/mol. The van der Waals surface area contributed by atoms with Gasteiger partial charge < -0.3 is 4.74 Å². The van der Waals surface area contributed by atoms with Crippen molar-refractivity contribution in [2.45, 2.75) is 38.2 Å². The van der Waals surface area contributed by atoms with E-state index in [0.29, 0.717) is 12.8 Å². The third-order valence-corrected chi connectivity index (χ3v) is 2.03. The molecule has 12 heavy (non-hydrogen) atoms. The normalized spacial score (nSPS) is 22.1. The lowest BCUT2D eigenvalue weighted by Crippen LogP contribution is -2.18. The fourth-order valence-corrected chi connectivity index (χ4v) is 1.36. The number of carbonyl (C=O) groups is 1. The molecule has 0 aliphatic carbocycles. The predicted octanol–water partition coefficient (Wildman–Crippen LogP) is 1.54. The van der Waals surface area contributed by atoms with Crippen LogP contribution in [0, 0.1) is 12.3 Å². The number of carbonyl (C=O) groups excluding carboxylic acids is 1. The van der Waals surface area contributed by atoms with Gasteiger partial charge in [-0.25, -0.2) is 0 Å². The van der Waals surface area contributed by atoms with Crippen molar-refractivity contribution in [3.63, 3.8) is 0 Å². The first kappa shape index (κ1) is 9.28. The number of ether oxygens (including phenoxy) is 1. The van der Waals surface area contributed by atoms with Crippen molar-refractivity contribution in [2.75, 3.05) is 6.61 Å². The molecule has 1 atom stereocenters. The molecule has 0 aromatic rings. The van der Waals surface area contributed by atoms with Gasteiger partial charge in [0.05, 0.1) is 0 Å². The molecule has 0 spiro atoms. The molecule has 1 saturated heterocycles. The van der Waals surface area contributed by atoms with Crippen molar-refractivity contribution in [3.05, 3.63) is 0 Å². The maximum Gasteiger partial charge on any atom is 0.161 e. The molecule has 1 aliphatic rings. The Morgan fingerprint density at radius 3 is 3.08 bits per heavy atom. The van der Waals surface area contributed by atoms with Crippen LogP contribution in [0.4, 0.5) is 0 Å². The molecule has 0 amide bonds. The van der Waals surface area contributed by atoms with Gasteiger partial charge >= 0.3 is 0 Å². The van der Waals surface area contributed by atoms with Crippen LogP contribution in [-0.2, 0) is 9.53 Å². The Kier molecular flexibility index (Phi) is 3.83. The molecular formula is C10H14O2. The summed E-state index contributed by atoms with van der Waals surface area (Å²) in [6.07, 6.45) is 8.94. The lowest BCUT2D eigenvalue weighted by molar-refractivity contribution is -0.127. The SMILES string of the molecule is C#CCCCC(=O)C1CCCO1. The van der Waals surface area contributed by atoms with Gasteiger partial charge in [-0.15, -0.1) is 12.3 Å².